The maximum absolute atomic E-state index is 6.67. The maximum atomic E-state index is 6.67. The van der Waals surface area contributed by atoms with Gasteiger partial charge in [-0.05, 0) is 23.0 Å². The van der Waals surface area contributed by atoms with Crippen LogP contribution in [-0.4, -0.2) is 4.87 Å². The lowest BCUT2D eigenvalue weighted by molar-refractivity contribution is 0.554. The zero-order chi connectivity index (χ0) is 13.1. The van der Waals surface area contributed by atoms with Crippen molar-refractivity contribution in [3.8, 4) is 0 Å². The first-order chi connectivity index (χ1) is 9.30. The van der Waals surface area contributed by atoms with Gasteiger partial charge in [0, 0.05) is 5.92 Å². The Morgan fingerprint density at radius 3 is 1.80 bits per heavy atom. The van der Waals surface area contributed by atoms with E-state index in [-0.39, 0.29) is 23.2 Å². The molecule has 0 amide bonds. The Morgan fingerprint density at radius 2 is 1.40 bits per heavy atom. The molecule has 3 rings (SSSR count). The van der Waals surface area contributed by atoms with Gasteiger partial charge in [-0.25, -0.2) is 0 Å². The van der Waals surface area contributed by atoms with Gasteiger partial charge in [-0.15, -0.1) is 24.2 Å². The molecule has 20 heavy (non-hydrogen) atoms. The molecule has 1 nitrogen and oxygen atoms in total. The fourth-order valence-corrected chi connectivity index (χ4v) is 3.74. The molecule has 0 spiro atoms. The molecule has 0 aliphatic carbocycles. The largest absolute Gasteiger partial charge is 0.315 e. The number of hydrogen-bond donors (Lipinski definition) is 1. The van der Waals surface area contributed by atoms with Crippen molar-refractivity contribution in [2.24, 2.45) is 5.73 Å². The van der Waals surface area contributed by atoms with E-state index in [1.54, 1.807) is 11.8 Å². The van der Waals surface area contributed by atoms with E-state index in [4.69, 9.17) is 5.73 Å². The molecule has 1 heterocycles. The van der Waals surface area contributed by atoms with Gasteiger partial charge in [0.15, 0.2) is 0 Å². The molecule has 0 aromatic heterocycles. The van der Waals surface area contributed by atoms with Crippen molar-refractivity contribution in [1.29, 1.82) is 0 Å². The van der Waals surface area contributed by atoms with Crippen LogP contribution in [-0.2, 0) is 0 Å². The van der Waals surface area contributed by atoms with E-state index in [2.05, 4.69) is 72.1 Å². The molecule has 0 saturated heterocycles. The van der Waals surface area contributed by atoms with Gasteiger partial charge >= 0.3 is 0 Å². The summed E-state index contributed by atoms with van der Waals surface area (Å²) in [6.07, 6.45) is 3.08. The molecule has 0 bridgehead atoms. The highest BCUT2D eigenvalue weighted by Crippen LogP contribution is 2.46. The molecule has 104 valence electrons. The van der Waals surface area contributed by atoms with E-state index in [0.29, 0.717) is 0 Å². The molecule has 2 aromatic carbocycles. The van der Waals surface area contributed by atoms with Gasteiger partial charge in [0.2, 0.25) is 0 Å². The molecule has 3 heteroatoms. The minimum atomic E-state index is -0.275. The topological polar surface area (TPSA) is 26.0 Å². The van der Waals surface area contributed by atoms with Crippen LogP contribution < -0.4 is 5.73 Å². The monoisotopic (exact) mass is 303 g/mol. The average molecular weight is 304 g/mol. The zero-order valence-corrected chi connectivity index (χ0v) is 12.7. The molecule has 1 atom stereocenters. The first-order valence-electron chi connectivity index (χ1n) is 6.51. The van der Waals surface area contributed by atoms with Crippen molar-refractivity contribution in [1.82, 2.24) is 0 Å². The summed E-state index contributed by atoms with van der Waals surface area (Å²) in [7, 11) is 0. The maximum Gasteiger partial charge on any atom is 0.0806 e. The molecular formula is C17H18ClNS. The summed E-state index contributed by atoms with van der Waals surface area (Å²) in [5.74, 6) is 0.217. The number of rotatable bonds is 3. The summed E-state index contributed by atoms with van der Waals surface area (Å²) in [4.78, 5) is -0.275. The van der Waals surface area contributed by atoms with Crippen LogP contribution in [0.3, 0.4) is 0 Å². The van der Waals surface area contributed by atoms with Crippen LogP contribution >= 0.6 is 24.2 Å². The lowest BCUT2D eigenvalue weighted by atomic mass is 9.83. The number of benzene rings is 2. The van der Waals surface area contributed by atoms with Crippen molar-refractivity contribution >= 4 is 24.2 Å². The van der Waals surface area contributed by atoms with Crippen LogP contribution in [0, 0.1) is 0 Å². The van der Waals surface area contributed by atoms with Gasteiger partial charge in [-0.1, -0.05) is 66.7 Å². The third-order valence-corrected chi connectivity index (χ3v) is 4.74. The second-order valence-electron chi connectivity index (χ2n) is 4.90. The van der Waals surface area contributed by atoms with Gasteiger partial charge in [0.05, 0.1) is 4.87 Å². The third-order valence-electron chi connectivity index (χ3n) is 3.58. The zero-order valence-electron chi connectivity index (χ0n) is 11.1. The standard InChI is InChI=1S/C17H17NS.ClH/c18-17(12-7-13-19-17)16(14-8-3-1-4-9-14)15-10-5-2-6-11-15;/h1-11,13,16H,12,18H2;1H. The minimum Gasteiger partial charge on any atom is -0.315 e. The molecule has 1 unspecified atom stereocenters. The van der Waals surface area contributed by atoms with Crippen LogP contribution in [0.1, 0.15) is 23.5 Å². The van der Waals surface area contributed by atoms with E-state index < -0.39 is 0 Å². The molecule has 1 aliphatic rings. The fourth-order valence-electron chi connectivity index (χ4n) is 2.69. The number of thioether (sulfide) groups is 1. The average Bonchev–Trinajstić information content (AvgIpc) is 2.89. The van der Waals surface area contributed by atoms with E-state index in [0.717, 1.165) is 6.42 Å². The Kier molecular flexibility index (Phi) is 4.92. The van der Waals surface area contributed by atoms with E-state index in [1.807, 2.05) is 0 Å². The normalized spacial score (nSPS) is 20.9. The van der Waals surface area contributed by atoms with Gasteiger partial charge in [0.25, 0.3) is 0 Å². The van der Waals surface area contributed by atoms with E-state index in [9.17, 15) is 0 Å². The predicted octanol–water partition coefficient (Wildman–Crippen LogP) is 4.55. The van der Waals surface area contributed by atoms with Crippen molar-refractivity contribution in [3.05, 3.63) is 83.3 Å². The smallest absolute Gasteiger partial charge is 0.0806 e. The van der Waals surface area contributed by atoms with Crippen molar-refractivity contribution in [3.63, 3.8) is 0 Å². The Labute approximate surface area is 130 Å². The quantitative estimate of drug-likeness (QED) is 0.900. The minimum absolute atomic E-state index is 0. The molecule has 2 N–H and O–H groups in total. The molecule has 0 radical (unpaired) electrons. The van der Waals surface area contributed by atoms with Crippen molar-refractivity contribution in [2.75, 3.05) is 0 Å². The van der Waals surface area contributed by atoms with Crippen LogP contribution in [0.25, 0.3) is 0 Å². The van der Waals surface area contributed by atoms with Crippen molar-refractivity contribution in [2.45, 2.75) is 17.2 Å². The predicted molar refractivity (Wildman–Crippen MR) is 90.2 cm³/mol. The number of nitrogens with two attached hydrogens (primary N) is 1. The van der Waals surface area contributed by atoms with E-state index in [1.165, 1.54) is 11.1 Å². The van der Waals surface area contributed by atoms with Gasteiger partial charge in [0.1, 0.15) is 0 Å². The Morgan fingerprint density at radius 1 is 0.900 bits per heavy atom. The third kappa shape index (κ3) is 2.93. The highest BCUT2D eigenvalue weighted by Gasteiger charge is 2.38. The van der Waals surface area contributed by atoms with Crippen LogP contribution in [0.5, 0.6) is 0 Å². The van der Waals surface area contributed by atoms with Crippen LogP contribution in [0.15, 0.2) is 72.1 Å². The highest BCUT2D eigenvalue weighted by atomic mass is 35.5. The molecule has 1 aliphatic heterocycles. The Hall–Kier alpha value is -1.22. The first-order valence-corrected chi connectivity index (χ1v) is 7.39. The second kappa shape index (κ2) is 6.49. The molecule has 2 aromatic rings. The molecule has 0 fully saturated rings. The summed E-state index contributed by atoms with van der Waals surface area (Å²) in [5, 5.41) is 2.12. The molecular weight excluding hydrogens is 286 g/mol. The SMILES string of the molecule is Cl.NC1(C(c2ccccc2)c2ccccc2)CC=CS1. The summed E-state index contributed by atoms with van der Waals surface area (Å²) in [6, 6.07) is 21.1. The number of hydrogen-bond acceptors (Lipinski definition) is 2. The fraction of sp³-hybridized carbons (Fsp3) is 0.176. The summed E-state index contributed by atoms with van der Waals surface area (Å²) >= 11 is 1.74. The van der Waals surface area contributed by atoms with Crippen LogP contribution in [0.2, 0.25) is 0 Å². The lowest BCUT2D eigenvalue weighted by Gasteiger charge is -2.34. The second-order valence-corrected chi connectivity index (χ2v) is 6.17. The van der Waals surface area contributed by atoms with Gasteiger partial charge in [-0.2, -0.15) is 0 Å². The van der Waals surface area contributed by atoms with E-state index >= 15 is 0 Å². The van der Waals surface area contributed by atoms with Gasteiger partial charge in [-0.3, -0.25) is 0 Å². The van der Waals surface area contributed by atoms with Crippen LogP contribution in [0.4, 0.5) is 0 Å². The Balaban J connectivity index is 0.00000147. The Bertz CT molecular complexity index is 521. The summed E-state index contributed by atoms with van der Waals surface area (Å²) in [6.45, 7) is 0. The summed E-state index contributed by atoms with van der Waals surface area (Å²) in [5.41, 5.74) is 9.24. The highest BCUT2D eigenvalue weighted by molar-refractivity contribution is 8.03. The van der Waals surface area contributed by atoms with Crippen molar-refractivity contribution < 1.29 is 0 Å². The molecule has 0 saturated carbocycles. The van der Waals surface area contributed by atoms with Gasteiger partial charge < -0.3 is 5.73 Å². The summed E-state index contributed by atoms with van der Waals surface area (Å²) < 4.78 is 0. The number of halogens is 1. The first kappa shape index (κ1) is 15.2. The lowest BCUT2D eigenvalue weighted by Crippen LogP contribution is -2.40.